The van der Waals surface area contributed by atoms with Crippen LogP contribution in [0.5, 0.6) is 0 Å². The molecule has 2 N–H and O–H groups in total. The van der Waals surface area contributed by atoms with Crippen molar-refractivity contribution in [2.24, 2.45) is 10.9 Å². The van der Waals surface area contributed by atoms with Crippen molar-refractivity contribution in [3.63, 3.8) is 0 Å². The smallest absolute Gasteiger partial charge is 0.191 e. The average molecular weight is 383 g/mol. The maximum atomic E-state index is 5.52. The van der Waals surface area contributed by atoms with Gasteiger partial charge in [0, 0.05) is 32.8 Å². The van der Waals surface area contributed by atoms with Crippen molar-refractivity contribution in [2.75, 3.05) is 32.8 Å². The van der Waals surface area contributed by atoms with E-state index in [1.165, 1.54) is 25.7 Å². The van der Waals surface area contributed by atoms with E-state index < -0.39 is 0 Å². The van der Waals surface area contributed by atoms with Crippen LogP contribution >= 0.6 is 24.0 Å². The highest BCUT2D eigenvalue weighted by atomic mass is 127. The van der Waals surface area contributed by atoms with E-state index in [0.29, 0.717) is 0 Å². The number of unbranched alkanes of at least 4 members (excludes halogenated alkanes) is 1. The van der Waals surface area contributed by atoms with Gasteiger partial charge in [-0.2, -0.15) is 0 Å². The van der Waals surface area contributed by atoms with Gasteiger partial charge in [0.25, 0.3) is 0 Å². The molecule has 1 rings (SSSR count). The normalized spacial score (nSPS) is 14.9. The van der Waals surface area contributed by atoms with E-state index in [1.54, 1.807) is 0 Å². The summed E-state index contributed by atoms with van der Waals surface area (Å²) < 4.78 is 5.52. The molecule has 0 radical (unpaired) electrons. The lowest BCUT2D eigenvalue weighted by Crippen LogP contribution is -2.38. The molecule has 1 fully saturated rings. The van der Waals surface area contributed by atoms with Gasteiger partial charge in [0.15, 0.2) is 5.96 Å². The highest BCUT2D eigenvalue weighted by Gasteiger charge is 2.20. The van der Waals surface area contributed by atoms with Crippen LogP contribution in [-0.4, -0.2) is 38.8 Å². The van der Waals surface area contributed by atoms with Crippen molar-refractivity contribution in [1.29, 1.82) is 0 Å². The fourth-order valence-corrected chi connectivity index (χ4v) is 1.59. The van der Waals surface area contributed by atoms with Crippen LogP contribution in [0.25, 0.3) is 0 Å². The summed E-state index contributed by atoms with van der Waals surface area (Å²) >= 11 is 0. The lowest BCUT2D eigenvalue weighted by Gasteiger charge is -2.11. The molecule has 0 aromatic rings. The Hall–Kier alpha value is -0.0400. The Morgan fingerprint density at radius 2 is 1.89 bits per heavy atom. The largest absolute Gasteiger partial charge is 0.381 e. The third-order valence-electron chi connectivity index (χ3n) is 2.95. The predicted octanol–water partition coefficient (Wildman–Crippen LogP) is 2.78. The molecule has 0 unspecified atom stereocenters. The second kappa shape index (κ2) is 13.0. The van der Waals surface area contributed by atoms with E-state index >= 15 is 0 Å². The molecule has 1 aliphatic carbocycles. The van der Waals surface area contributed by atoms with Crippen molar-refractivity contribution in [3.8, 4) is 0 Å². The monoisotopic (exact) mass is 383 g/mol. The van der Waals surface area contributed by atoms with E-state index in [1.807, 2.05) is 0 Å². The van der Waals surface area contributed by atoms with Gasteiger partial charge in [-0.3, -0.25) is 4.99 Å². The Morgan fingerprint density at radius 1 is 1.16 bits per heavy atom. The zero-order valence-electron chi connectivity index (χ0n) is 12.4. The van der Waals surface area contributed by atoms with E-state index in [0.717, 1.165) is 51.1 Å². The highest BCUT2D eigenvalue weighted by Crippen LogP contribution is 2.28. The molecular weight excluding hydrogens is 353 g/mol. The number of nitrogens with one attached hydrogen (secondary N) is 2. The molecule has 4 nitrogen and oxygen atoms in total. The first-order chi connectivity index (χ1) is 8.86. The molecule has 0 bridgehead atoms. The molecule has 0 aromatic heterocycles. The lowest BCUT2D eigenvalue weighted by molar-refractivity contribution is 0.129. The van der Waals surface area contributed by atoms with Crippen LogP contribution in [0, 0.1) is 5.92 Å². The number of hydrogen-bond donors (Lipinski definition) is 2. The van der Waals surface area contributed by atoms with Crippen LogP contribution in [0.15, 0.2) is 4.99 Å². The minimum Gasteiger partial charge on any atom is -0.381 e. The van der Waals surface area contributed by atoms with Crippen LogP contribution < -0.4 is 10.6 Å². The minimum absolute atomic E-state index is 0. The summed E-state index contributed by atoms with van der Waals surface area (Å²) in [5, 5.41) is 6.63. The zero-order valence-corrected chi connectivity index (χ0v) is 14.7. The van der Waals surface area contributed by atoms with Crippen LogP contribution in [-0.2, 0) is 4.74 Å². The van der Waals surface area contributed by atoms with Crippen molar-refractivity contribution >= 4 is 29.9 Å². The molecule has 0 spiro atoms. The average Bonchev–Trinajstić information content (AvgIpc) is 3.18. The standard InChI is InChI=1S/C14H29N3O.HI/c1-3-5-10-18-11-6-9-16-14(15-4-2)17-12-13-7-8-13;/h13H,3-12H2,1-2H3,(H2,15,16,17);1H. The Labute approximate surface area is 135 Å². The third-order valence-corrected chi connectivity index (χ3v) is 2.95. The van der Waals surface area contributed by atoms with Gasteiger partial charge >= 0.3 is 0 Å². The summed E-state index contributed by atoms with van der Waals surface area (Å²) in [4.78, 5) is 4.58. The maximum Gasteiger partial charge on any atom is 0.191 e. The summed E-state index contributed by atoms with van der Waals surface area (Å²) in [6.45, 7) is 8.85. The molecule has 19 heavy (non-hydrogen) atoms. The fourth-order valence-electron chi connectivity index (χ4n) is 1.59. The SMILES string of the molecule is CCCCOCCCNC(=NCC1CC1)NCC.I. The van der Waals surface area contributed by atoms with Crippen molar-refractivity contribution in [3.05, 3.63) is 0 Å². The van der Waals surface area contributed by atoms with Crippen LogP contribution in [0.4, 0.5) is 0 Å². The molecule has 114 valence electrons. The van der Waals surface area contributed by atoms with Crippen molar-refractivity contribution in [2.45, 2.75) is 46.0 Å². The lowest BCUT2D eigenvalue weighted by atomic mass is 10.4. The summed E-state index contributed by atoms with van der Waals surface area (Å²) in [5.74, 6) is 1.80. The molecular formula is C14H30IN3O. The van der Waals surface area contributed by atoms with E-state index in [2.05, 4.69) is 29.5 Å². The van der Waals surface area contributed by atoms with Gasteiger partial charge in [0.1, 0.15) is 0 Å². The molecule has 1 saturated carbocycles. The number of guanidine groups is 1. The maximum absolute atomic E-state index is 5.52. The van der Waals surface area contributed by atoms with Crippen molar-refractivity contribution in [1.82, 2.24) is 10.6 Å². The van der Waals surface area contributed by atoms with E-state index in [-0.39, 0.29) is 24.0 Å². The fraction of sp³-hybridized carbons (Fsp3) is 0.929. The summed E-state index contributed by atoms with van der Waals surface area (Å²) in [5.41, 5.74) is 0. The van der Waals surface area contributed by atoms with Crippen LogP contribution in [0.3, 0.4) is 0 Å². The number of rotatable bonds is 10. The van der Waals surface area contributed by atoms with Gasteiger partial charge in [0.05, 0.1) is 0 Å². The summed E-state index contributed by atoms with van der Waals surface area (Å²) in [6, 6.07) is 0. The van der Waals surface area contributed by atoms with Gasteiger partial charge in [0.2, 0.25) is 0 Å². The predicted molar refractivity (Wildman–Crippen MR) is 92.5 cm³/mol. The second-order valence-corrected chi connectivity index (χ2v) is 4.91. The molecule has 0 aromatic carbocycles. The van der Waals surface area contributed by atoms with Gasteiger partial charge < -0.3 is 15.4 Å². The minimum atomic E-state index is 0. The number of halogens is 1. The first kappa shape index (κ1) is 19.0. The quantitative estimate of drug-likeness (QED) is 0.264. The Balaban J connectivity index is 0.00000324. The number of ether oxygens (including phenoxy) is 1. The zero-order chi connectivity index (χ0) is 13.1. The van der Waals surface area contributed by atoms with E-state index in [4.69, 9.17) is 4.74 Å². The Morgan fingerprint density at radius 3 is 2.53 bits per heavy atom. The Bertz CT molecular complexity index is 233. The van der Waals surface area contributed by atoms with Gasteiger partial charge in [-0.15, -0.1) is 24.0 Å². The van der Waals surface area contributed by atoms with Gasteiger partial charge in [-0.1, -0.05) is 13.3 Å². The van der Waals surface area contributed by atoms with Crippen LogP contribution in [0.2, 0.25) is 0 Å². The first-order valence-electron chi connectivity index (χ1n) is 7.46. The van der Waals surface area contributed by atoms with Gasteiger partial charge in [-0.25, -0.2) is 0 Å². The Kier molecular flexibility index (Phi) is 12.9. The number of hydrogen-bond acceptors (Lipinski definition) is 2. The third kappa shape index (κ3) is 11.5. The molecule has 5 heteroatoms. The molecule has 1 aliphatic rings. The molecule has 0 heterocycles. The highest BCUT2D eigenvalue weighted by molar-refractivity contribution is 14.0. The summed E-state index contributed by atoms with van der Waals surface area (Å²) in [7, 11) is 0. The second-order valence-electron chi connectivity index (χ2n) is 4.91. The number of nitrogens with zero attached hydrogens (tertiary/aromatic N) is 1. The molecule has 0 aliphatic heterocycles. The van der Waals surface area contributed by atoms with E-state index in [9.17, 15) is 0 Å². The van der Waals surface area contributed by atoms with Gasteiger partial charge in [-0.05, 0) is 38.5 Å². The molecule has 0 atom stereocenters. The molecule has 0 amide bonds. The number of aliphatic imine (C=N–C) groups is 1. The topological polar surface area (TPSA) is 45.6 Å². The van der Waals surface area contributed by atoms with Crippen LogP contribution in [0.1, 0.15) is 46.0 Å². The summed E-state index contributed by atoms with van der Waals surface area (Å²) in [6.07, 6.45) is 6.12. The molecule has 0 saturated heterocycles. The first-order valence-corrected chi connectivity index (χ1v) is 7.46. The van der Waals surface area contributed by atoms with Crippen molar-refractivity contribution < 1.29 is 4.74 Å².